The second-order valence-corrected chi connectivity index (χ2v) is 6.79. The number of hydrogen-bond donors (Lipinski definition) is 1. The van der Waals surface area contributed by atoms with Gasteiger partial charge in [0.1, 0.15) is 16.6 Å². The van der Waals surface area contributed by atoms with Crippen LogP contribution in [0.2, 0.25) is 10.0 Å². The van der Waals surface area contributed by atoms with Gasteiger partial charge in [0.25, 0.3) is 5.91 Å². The summed E-state index contributed by atoms with van der Waals surface area (Å²) < 4.78 is 5.04. The summed E-state index contributed by atoms with van der Waals surface area (Å²) in [6, 6.07) is 6.72. The van der Waals surface area contributed by atoms with E-state index >= 15 is 0 Å². The van der Waals surface area contributed by atoms with Gasteiger partial charge in [0.15, 0.2) is 0 Å². The molecule has 25 heavy (non-hydrogen) atoms. The fourth-order valence-electron chi connectivity index (χ4n) is 1.97. The number of thioether (sulfide) groups is 1. The number of amides is 1. The van der Waals surface area contributed by atoms with E-state index in [4.69, 9.17) is 27.7 Å². The zero-order chi connectivity index (χ0) is 17.8. The number of halogens is 2. The molecule has 0 unspecified atom stereocenters. The topological polar surface area (TPSA) is 80.9 Å². The summed E-state index contributed by atoms with van der Waals surface area (Å²) in [6.45, 7) is 1.82. The van der Waals surface area contributed by atoms with Gasteiger partial charge >= 0.3 is 0 Å². The molecule has 0 fully saturated rings. The van der Waals surface area contributed by atoms with Gasteiger partial charge in [0.05, 0.1) is 21.3 Å². The summed E-state index contributed by atoms with van der Waals surface area (Å²) in [7, 11) is 0. The van der Waals surface area contributed by atoms with Gasteiger partial charge in [0, 0.05) is 30.3 Å². The fraction of sp³-hybridized carbons (Fsp3) is 0.125. The Bertz CT molecular complexity index is 917. The minimum absolute atomic E-state index is 0.311. The Balaban J connectivity index is 1.74. The number of carbonyl (C=O) groups is 1. The van der Waals surface area contributed by atoms with Crippen LogP contribution in [0.25, 0.3) is 0 Å². The maximum absolute atomic E-state index is 12.5. The average molecular weight is 395 g/mol. The number of aryl methyl sites for hydroxylation is 1. The molecule has 9 heteroatoms. The Kier molecular flexibility index (Phi) is 5.57. The highest BCUT2D eigenvalue weighted by atomic mass is 35.5. The Labute approximate surface area is 157 Å². The first kappa shape index (κ1) is 17.7. The van der Waals surface area contributed by atoms with Crippen LogP contribution in [0.3, 0.4) is 0 Å². The van der Waals surface area contributed by atoms with Crippen LogP contribution >= 0.6 is 35.0 Å². The molecule has 1 amide bonds. The molecule has 0 aromatic carbocycles. The lowest BCUT2D eigenvalue weighted by molar-refractivity contribution is 0.102. The molecule has 128 valence electrons. The lowest BCUT2D eigenvalue weighted by Crippen LogP contribution is -2.14. The highest BCUT2D eigenvalue weighted by Gasteiger charge is 2.15. The monoisotopic (exact) mass is 394 g/mol. The third-order valence-corrected chi connectivity index (χ3v) is 4.85. The predicted octanol–water partition coefficient (Wildman–Crippen LogP) is 4.62. The van der Waals surface area contributed by atoms with Crippen LogP contribution in [-0.4, -0.2) is 21.0 Å². The van der Waals surface area contributed by atoms with Crippen molar-refractivity contribution in [3.05, 3.63) is 63.7 Å². The quantitative estimate of drug-likeness (QED) is 0.635. The van der Waals surface area contributed by atoms with E-state index in [2.05, 4.69) is 20.4 Å². The van der Waals surface area contributed by atoms with Crippen LogP contribution in [0.15, 0.2) is 46.2 Å². The lowest BCUT2D eigenvalue weighted by atomic mass is 10.2. The largest absolute Gasteiger partial charge is 0.361 e. The van der Waals surface area contributed by atoms with Gasteiger partial charge in [-0.1, -0.05) is 40.1 Å². The summed E-state index contributed by atoms with van der Waals surface area (Å²) in [6.07, 6.45) is 3.01. The van der Waals surface area contributed by atoms with Crippen LogP contribution in [0, 0.1) is 6.92 Å². The third kappa shape index (κ3) is 4.50. The SMILES string of the molecule is Cc1cc(CSc2ncccc2C(=O)Nc2cc(Cl)c(Cl)cn2)no1. The molecule has 0 aliphatic heterocycles. The van der Waals surface area contributed by atoms with Crippen molar-refractivity contribution in [3.8, 4) is 0 Å². The highest BCUT2D eigenvalue weighted by molar-refractivity contribution is 7.98. The van der Waals surface area contributed by atoms with Gasteiger partial charge in [-0.15, -0.1) is 0 Å². The van der Waals surface area contributed by atoms with Gasteiger partial charge in [-0.2, -0.15) is 0 Å². The van der Waals surface area contributed by atoms with Crippen molar-refractivity contribution in [1.29, 1.82) is 0 Å². The Morgan fingerprint density at radius 1 is 1.28 bits per heavy atom. The highest BCUT2D eigenvalue weighted by Crippen LogP contribution is 2.26. The molecule has 0 spiro atoms. The molecular formula is C16H12Cl2N4O2S. The molecule has 3 aromatic heterocycles. The van der Waals surface area contributed by atoms with E-state index in [1.54, 1.807) is 18.3 Å². The maximum atomic E-state index is 12.5. The van der Waals surface area contributed by atoms with E-state index in [1.807, 2.05) is 13.0 Å². The third-order valence-electron chi connectivity index (χ3n) is 3.10. The molecule has 3 heterocycles. The number of anilines is 1. The summed E-state index contributed by atoms with van der Waals surface area (Å²) in [5, 5.41) is 7.84. The maximum Gasteiger partial charge on any atom is 0.259 e. The van der Waals surface area contributed by atoms with E-state index < -0.39 is 0 Å². The van der Waals surface area contributed by atoms with Crippen LogP contribution in [-0.2, 0) is 5.75 Å². The summed E-state index contributed by atoms with van der Waals surface area (Å²) in [5.41, 5.74) is 1.21. The van der Waals surface area contributed by atoms with E-state index in [0.29, 0.717) is 32.2 Å². The van der Waals surface area contributed by atoms with Crippen LogP contribution in [0.4, 0.5) is 5.82 Å². The minimum Gasteiger partial charge on any atom is -0.361 e. The molecule has 0 aliphatic rings. The van der Waals surface area contributed by atoms with Gasteiger partial charge in [-0.25, -0.2) is 9.97 Å². The molecule has 6 nitrogen and oxygen atoms in total. The molecule has 3 aromatic rings. The van der Waals surface area contributed by atoms with Crippen molar-refractivity contribution in [2.45, 2.75) is 17.7 Å². The zero-order valence-corrected chi connectivity index (χ0v) is 15.3. The molecule has 0 saturated carbocycles. The molecule has 0 aliphatic carbocycles. The van der Waals surface area contributed by atoms with Gasteiger partial charge in [0.2, 0.25) is 0 Å². The summed E-state index contributed by atoms with van der Waals surface area (Å²) in [5.74, 6) is 1.25. The molecule has 0 atom stereocenters. The second-order valence-electron chi connectivity index (χ2n) is 5.01. The molecule has 0 saturated heterocycles. The number of nitrogens with one attached hydrogen (secondary N) is 1. The van der Waals surface area contributed by atoms with Gasteiger partial charge in [-0.3, -0.25) is 4.79 Å². The number of carbonyl (C=O) groups excluding carboxylic acids is 1. The van der Waals surface area contributed by atoms with E-state index in [1.165, 1.54) is 24.0 Å². The molecule has 1 N–H and O–H groups in total. The Morgan fingerprint density at radius 3 is 2.84 bits per heavy atom. The first-order valence-electron chi connectivity index (χ1n) is 7.15. The number of rotatable bonds is 5. The van der Waals surface area contributed by atoms with Crippen molar-refractivity contribution in [2.24, 2.45) is 0 Å². The van der Waals surface area contributed by atoms with Gasteiger partial charge < -0.3 is 9.84 Å². The Morgan fingerprint density at radius 2 is 2.12 bits per heavy atom. The van der Waals surface area contributed by atoms with E-state index in [9.17, 15) is 4.79 Å². The molecule has 0 bridgehead atoms. The number of nitrogens with zero attached hydrogens (tertiary/aromatic N) is 3. The lowest BCUT2D eigenvalue weighted by Gasteiger charge is -2.08. The van der Waals surface area contributed by atoms with Crippen LogP contribution < -0.4 is 5.32 Å². The van der Waals surface area contributed by atoms with E-state index in [0.717, 1.165) is 11.5 Å². The standard InChI is InChI=1S/C16H12Cl2N4O2S/c1-9-5-10(22-24-9)8-25-16-11(3-2-4-19-16)15(23)21-14-6-12(17)13(18)7-20-14/h2-7H,8H2,1H3,(H,20,21,23). The van der Waals surface area contributed by atoms with Crippen molar-refractivity contribution in [2.75, 3.05) is 5.32 Å². The average Bonchev–Trinajstić information content (AvgIpc) is 3.02. The normalized spacial score (nSPS) is 10.7. The summed E-state index contributed by atoms with van der Waals surface area (Å²) in [4.78, 5) is 20.8. The smallest absolute Gasteiger partial charge is 0.259 e. The first-order chi connectivity index (χ1) is 12.0. The molecule has 3 rings (SSSR count). The number of pyridine rings is 2. The van der Waals surface area contributed by atoms with Gasteiger partial charge in [-0.05, 0) is 19.1 Å². The van der Waals surface area contributed by atoms with Crippen LogP contribution in [0.1, 0.15) is 21.8 Å². The number of aromatic nitrogens is 3. The van der Waals surface area contributed by atoms with Crippen LogP contribution in [0.5, 0.6) is 0 Å². The van der Waals surface area contributed by atoms with Crippen molar-refractivity contribution in [1.82, 2.24) is 15.1 Å². The van der Waals surface area contributed by atoms with E-state index in [-0.39, 0.29) is 5.91 Å². The zero-order valence-electron chi connectivity index (χ0n) is 13.0. The molecular weight excluding hydrogens is 383 g/mol. The fourth-order valence-corrected chi connectivity index (χ4v) is 3.10. The second kappa shape index (κ2) is 7.86. The minimum atomic E-state index is -0.335. The Hall–Kier alpha value is -2.09. The van der Waals surface area contributed by atoms with Crippen molar-refractivity contribution in [3.63, 3.8) is 0 Å². The van der Waals surface area contributed by atoms with Crippen molar-refractivity contribution >= 4 is 46.7 Å². The van der Waals surface area contributed by atoms with Crippen molar-refractivity contribution < 1.29 is 9.32 Å². The molecule has 0 radical (unpaired) electrons. The summed E-state index contributed by atoms with van der Waals surface area (Å²) >= 11 is 13.2. The predicted molar refractivity (Wildman–Crippen MR) is 97.2 cm³/mol. The number of hydrogen-bond acceptors (Lipinski definition) is 6. The first-order valence-corrected chi connectivity index (χ1v) is 8.89.